The van der Waals surface area contributed by atoms with Gasteiger partial charge in [0.25, 0.3) is 0 Å². The van der Waals surface area contributed by atoms with Gasteiger partial charge in [-0.15, -0.1) is 0 Å². The predicted octanol–water partition coefficient (Wildman–Crippen LogP) is 3.37. The van der Waals surface area contributed by atoms with Crippen LogP contribution < -0.4 is 5.32 Å². The second kappa shape index (κ2) is 7.94. The molecule has 6 nitrogen and oxygen atoms in total. The second-order valence-electron chi connectivity index (χ2n) is 6.70. The van der Waals surface area contributed by atoms with E-state index in [-0.39, 0.29) is 30.8 Å². The fourth-order valence-electron chi connectivity index (χ4n) is 3.58. The summed E-state index contributed by atoms with van der Waals surface area (Å²) in [6.07, 6.45) is 3.34. The molecule has 0 saturated carbocycles. The van der Waals surface area contributed by atoms with Gasteiger partial charge in [0, 0.05) is 30.0 Å². The topological polar surface area (TPSA) is 67.5 Å². The normalized spacial score (nSPS) is 15.9. The summed E-state index contributed by atoms with van der Waals surface area (Å²) in [5.41, 5.74) is 1.94. The van der Waals surface area contributed by atoms with Gasteiger partial charge in [0.2, 0.25) is 11.8 Å². The molecule has 7 heteroatoms. The van der Waals surface area contributed by atoms with Crippen LogP contribution in [0.3, 0.4) is 0 Å². The van der Waals surface area contributed by atoms with Crippen molar-refractivity contribution in [1.29, 1.82) is 0 Å². The minimum absolute atomic E-state index is 0.210. The Labute approximate surface area is 167 Å². The Hall–Kier alpha value is -2.99. The number of carbonyl (C=O) groups excluding carboxylic acids is 2. The van der Waals surface area contributed by atoms with E-state index in [2.05, 4.69) is 9.88 Å². The van der Waals surface area contributed by atoms with Crippen molar-refractivity contribution in [3.63, 3.8) is 0 Å². The summed E-state index contributed by atoms with van der Waals surface area (Å²) >= 11 is 6.18. The lowest BCUT2D eigenvalue weighted by atomic mass is 9.99. The van der Waals surface area contributed by atoms with Gasteiger partial charge in [-0.25, -0.2) is 0 Å². The number of carbonyl (C=O) groups is 2. The molecule has 2 aromatic heterocycles. The number of aromatic nitrogens is 1. The number of nitrogens with zero attached hydrogens (tertiary/aromatic N) is 2. The first-order valence-corrected chi connectivity index (χ1v) is 9.48. The highest BCUT2D eigenvalue weighted by molar-refractivity contribution is 6.30. The molecule has 0 spiro atoms. The Morgan fingerprint density at radius 3 is 2.82 bits per heavy atom. The highest BCUT2D eigenvalue weighted by Gasteiger charge is 2.32. The zero-order chi connectivity index (χ0) is 19.5. The van der Waals surface area contributed by atoms with Crippen molar-refractivity contribution in [2.24, 2.45) is 0 Å². The van der Waals surface area contributed by atoms with E-state index in [1.54, 1.807) is 29.4 Å². The Morgan fingerprint density at radius 2 is 2.04 bits per heavy atom. The molecule has 1 aliphatic rings. The van der Waals surface area contributed by atoms with Crippen molar-refractivity contribution in [2.75, 3.05) is 6.54 Å². The van der Waals surface area contributed by atoms with Crippen LogP contribution in [0.1, 0.15) is 29.5 Å². The van der Waals surface area contributed by atoms with Crippen LogP contribution in [0.2, 0.25) is 5.02 Å². The molecule has 1 N–H and O–H groups in total. The molecule has 4 rings (SSSR count). The van der Waals surface area contributed by atoms with E-state index in [1.807, 2.05) is 36.5 Å². The molecule has 1 aliphatic heterocycles. The molecule has 3 aromatic rings. The highest BCUT2D eigenvalue weighted by Crippen LogP contribution is 2.33. The molecular weight excluding hydrogens is 378 g/mol. The lowest BCUT2D eigenvalue weighted by Crippen LogP contribution is -2.44. The van der Waals surface area contributed by atoms with E-state index >= 15 is 0 Å². The monoisotopic (exact) mass is 397 g/mol. The van der Waals surface area contributed by atoms with Crippen LogP contribution in [-0.4, -0.2) is 27.8 Å². The molecule has 3 heterocycles. The van der Waals surface area contributed by atoms with Crippen LogP contribution >= 0.6 is 11.6 Å². The maximum absolute atomic E-state index is 13.0. The Kier molecular flexibility index (Phi) is 5.21. The van der Waals surface area contributed by atoms with Crippen molar-refractivity contribution in [3.8, 4) is 0 Å². The van der Waals surface area contributed by atoms with Crippen molar-refractivity contribution in [2.45, 2.75) is 25.6 Å². The van der Waals surface area contributed by atoms with Gasteiger partial charge in [-0.05, 0) is 42.0 Å². The van der Waals surface area contributed by atoms with Crippen molar-refractivity contribution in [3.05, 3.63) is 83.0 Å². The first-order valence-electron chi connectivity index (χ1n) is 9.11. The summed E-state index contributed by atoms with van der Waals surface area (Å²) in [4.78, 5) is 27.0. The van der Waals surface area contributed by atoms with Gasteiger partial charge < -0.3 is 19.2 Å². The minimum Gasteiger partial charge on any atom is -0.467 e. The quantitative estimate of drug-likeness (QED) is 0.671. The van der Waals surface area contributed by atoms with Crippen molar-refractivity contribution >= 4 is 23.4 Å². The predicted molar refractivity (Wildman–Crippen MR) is 105 cm³/mol. The van der Waals surface area contributed by atoms with Crippen LogP contribution in [0, 0.1) is 0 Å². The summed E-state index contributed by atoms with van der Waals surface area (Å²) in [6, 6.07) is 14.7. The van der Waals surface area contributed by atoms with Gasteiger partial charge in [0.05, 0.1) is 18.8 Å². The average Bonchev–Trinajstić information content (AvgIpc) is 3.37. The van der Waals surface area contributed by atoms with Crippen molar-refractivity contribution < 1.29 is 14.0 Å². The zero-order valence-electron chi connectivity index (χ0n) is 15.2. The van der Waals surface area contributed by atoms with Gasteiger partial charge in [-0.2, -0.15) is 0 Å². The number of hydrogen-bond donors (Lipinski definition) is 1. The number of nitrogens with one attached hydrogen (secondary N) is 1. The molecule has 144 valence electrons. The summed E-state index contributed by atoms with van der Waals surface area (Å²) in [5.74, 6) is 0.106. The fraction of sp³-hybridized carbons (Fsp3) is 0.238. The van der Waals surface area contributed by atoms with Gasteiger partial charge in [0.1, 0.15) is 12.2 Å². The summed E-state index contributed by atoms with van der Waals surface area (Å²) in [6.45, 7) is 1.49. The minimum atomic E-state index is -0.327. The summed E-state index contributed by atoms with van der Waals surface area (Å²) < 4.78 is 7.33. The standard InChI is InChI=1S/C21H20ClN3O3/c22-16-5-1-4-15(12-16)21-18-7-2-8-24(18)9-10-25(21)20(27)13-19(26)23-14-17-6-3-11-28-17/h1-8,11-12,21H,9-10,13-14H2,(H,23,26)/t21-/m1/s1. The van der Waals surface area contributed by atoms with Crippen LogP contribution in [0.5, 0.6) is 0 Å². The third-order valence-corrected chi connectivity index (χ3v) is 5.11. The lowest BCUT2D eigenvalue weighted by Gasteiger charge is -2.37. The van der Waals surface area contributed by atoms with Gasteiger partial charge >= 0.3 is 0 Å². The van der Waals surface area contributed by atoms with E-state index in [1.165, 1.54) is 0 Å². The lowest BCUT2D eigenvalue weighted by molar-refractivity contribution is -0.138. The molecule has 1 aromatic carbocycles. The van der Waals surface area contributed by atoms with E-state index < -0.39 is 0 Å². The Balaban J connectivity index is 1.51. The molecule has 2 amide bonds. The van der Waals surface area contributed by atoms with Crippen LogP contribution in [0.15, 0.2) is 65.4 Å². The summed E-state index contributed by atoms with van der Waals surface area (Å²) in [5, 5.41) is 3.34. The second-order valence-corrected chi connectivity index (χ2v) is 7.14. The Morgan fingerprint density at radius 1 is 1.14 bits per heavy atom. The number of furan rings is 1. The number of rotatable bonds is 5. The highest BCUT2D eigenvalue weighted by atomic mass is 35.5. The number of fused-ring (bicyclic) bond motifs is 1. The molecule has 0 bridgehead atoms. The molecule has 0 radical (unpaired) electrons. The molecular formula is C21H20ClN3O3. The van der Waals surface area contributed by atoms with E-state index in [4.69, 9.17) is 16.0 Å². The molecule has 0 unspecified atom stereocenters. The Bertz CT molecular complexity index is 980. The first-order chi connectivity index (χ1) is 13.6. The third-order valence-electron chi connectivity index (χ3n) is 4.87. The van der Waals surface area contributed by atoms with Crippen LogP contribution in [0.25, 0.3) is 0 Å². The molecule has 0 fully saturated rings. The number of hydrogen-bond acceptors (Lipinski definition) is 3. The first kappa shape index (κ1) is 18.4. The number of amides is 2. The molecule has 1 atom stereocenters. The average molecular weight is 398 g/mol. The molecule has 0 saturated heterocycles. The van der Waals surface area contributed by atoms with E-state index in [9.17, 15) is 9.59 Å². The summed E-state index contributed by atoms with van der Waals surface area (Å²) in [7, 11) is 0. The fourth-order valence-corrected chi connectivity index (χ4v) is 3.78. The maximum atomic E-state index is 13.0. The molecule has 28 heavy (non-hydrogen) atoms. The molecule has 0 aliphatic carbocycles. The van der Waals surface area contributed by atoms with Crippen LogP contribution in [-0.2, 0) is 22.7 Å². The zero-order valence-corrected chi connectivity index (χ0v) is 15.9. The van der Waals surface area contributed by atoms with Gasteiger partial charge in [-0.1, -0.05) is 23.7 Å². The van der Waals surface area contributed by atoms with Crippen molar-refractivity contribution in [1.82, 2.24) is 14.8 Å². The largest absolute Gasteiger partial charge is 0.467 e. The van der Waals surface area contributed by atoms with Crippen LogP contribution in [0.4, 0.5) is 0 Å². The number of benzene rings is 1. The van der Waals surface area contributed by atoms with E-state index in [0.29, 0.717) is 23.9 Å². The van der Waals surface area contributed by atoms with E-state index in [0.717, 1.165) is 11.3 Å². The SMILES string of the molecule is O=C(CC(=O)N1CCn2cccc2[C@H]1c1cccc(Cl)c1)NCc1ccco1. The third kappa shape index (κ3) is 3.82. The number of halogens is 1. The van der Waals surface area contributed by atoms with Gasteiger partial charge in [0.15, 0.2) is 0 Å². The van der Waals surface area contributed by atoms with Gasteiger partial charge in [-0.3, -0.25) is 9.59 Å². The smallest absolute Gasteiger partial charge is 0.232 e. The maximum Gasteiger partial charge on any atom is 0.232 e.